The highest BCUT2D eigenvalue weighted by Crippen LogP contribution is 2.33. The molecule has 1 saturated carbocycles. The van der Waals surface area contributed by atoms with Crippen LogP contribution in [-0.2, 0) is 0 Å². The number of thiophene rings is 1. The van der Waals surface area contributed by atoms with Crippen LogP contribution in [0.5, 0.6) is 0 Å². The minimum atomic E-state index is 0.539. The van der Waals surface area contributed by atoms with Crippen LogP contribution in [-0.4, -0.2) is 41.0 Å². The summed E-state index contributed by atoms with van der Waals surface area (Å²) >= 11 is 1.79. The zero-order chi connectivity index (χ0) is 15.7. The molecule has 0 radical (unpaired) electrons. The van der Waals surface area contributed by atoms with Gasteiger partial charge < -0.3 is 10.2 Å². The molecule has 1 aliphatic rings. The lowest BCUT2D eigenvalue weighted by Gasteiger charge is -2.33. The summed E-state index contributed by atoms with van der Waals surface area (Å²) in [5.74, 6) is 1.56. The van der Waals surface area contributed by atoms with E-state index in [1.54, 1.807) is 17.7 Å². The van der Waals surface area contributed by atoms with E-state index < -0.39 is 0 Å². The quantitative estimate of drug-likeness (QED) is 0.921. The molecule has 0 saturated heterocycles. The SMILES string of the molecule is CC(C)c1cc2c(NC3CCC(N(C)C)CC3)ncnc2s1. The van der Waals surface area contributed by atoms with Gasteiger partial charge in [0.25, 0.3) is 0 Å². The second kappa shape index (κ2) is 6.50. The Labute approximate surface area is 137 Å². The van der Waals surface area contributed by atoms with Crippen molar-refractivity contribution >= 4 is 27.4 Å². The number of anilines is 1. The first-order valence-corrected chi connectivity index (χ1v) is 9.03. The van der Waals surface area contributed by atoms with E-state index in [0.29, 0.717) is 12.0 Å². The van der Waals surface area contributed by atoms with Crippen LogP contribution in [0, 0.1) is 0 Å². The van der Waals surface area contributed by atoms with Gasteiger partial charge in [0.05, 0.1) is 5.39 Å². The van der Waals surface area contributed by atoms with Crippen LogP contribution >= 0.6 is 11.3 Å². The van der Waals surface area contributed by atoms with Crippen molar-refractivity contribution in [3.8, 4) is 0 Å². The standard InChI is InChI=1S/C17H26N4S/c1-11(2)15-9-14-16(18-10-19-17(14)22-15)20-12-5-7-13(8-6-12)21(3)4/h9-13H,5-8H2,1-4H3,(H,18,19,20). The number of hydrogen-bond donors (Lipinski definition) is 1. The third-order valence-corrected chi connectivity index (χ3v) is 6.03. The zero-order valence-corrected chi connectivity index (χ0v) is 14.8. The Kier molecular flexibility index (Phi) is 4.64. The molecule has 0 unspecified atom stereocenters. The molecule has 2 aromatic rings. The molecule has 2 heterocycles. The van der Waals surface area contributed by atoms with Crippen LogP contribution in [0.25, 0.3) is 10.2 Å². The van der Waals surface area contributed by atoms with Crippen LogP contribution in [0.15, 0.2) is 12.4 Å². The van der Waals surface area contributed by atoms with Gasteiger partial charge in [0.15, 0.2) is 0 Å². The maximum atomic E-state index is 4.50. The Morgan fingerprint density at radius 1 is 1.18 bits per heavy atom. The van der Waals surface area contributed by atoms with Gasteiger partial charge >= 0.3 is 0 Å². The van der Waals surface area contributed by atoms with E-state index in [0.717, 1.165) is 16.7 Å². The average molecular weight is 318 g/mol. The summed E-state index contributed by atoms with van der Waals surface area (Å²) in [7, 11) is 4.37. The zero-order valence-electron chi connectivity index (χ0n) is 14.0. The molecule has 0 atom stereocenters. The summed E-state index contributed by atoms with van der Waals surface area (Å²) in [4.78, 5) is 13.8. The van der Waals surface area contributed by atoms with Crippen molar-refractivity contribution in [3.05, 3.63) is 17.3 Å². The molecule has 22 heavy (non-hydrogen) atoms. The Balaban J connectivity index is 1.74. The predicted octanol–water partition coefficient (Wildman–Crippen LogP) is 4.10. The highest BCUT2D eigenvalue weighted by atomic mass is 32.1. The minimum Gasteiger partial charge on any atom is -0.367 e. The molecular formula is C17H26N4S. The van der Waals surface area contributed by atoms with Crippen LogP contribution in [0.4, 0.5) is 5.82 Å². The summed E-state index contributed by atoms with van der Waals surface area (Å²) in [5.41, 5.74) is 0. The fourth-order valence-corrected chi connectivity index (χ4v) is 4.20. The van der Waals surface area contributed by atoms with E-state index in [1.807, 2.05) is 0 Å². The molecule has 1 N–H and O–H groups in total. The fraction of sp³-hybridized carbons (Fsp3) is 0.647. The summed E-state index contributed by atoms with van der Waals surface area (Å²) in [6.45, 7) is 4.46. The first kappa shape index (κ1) is 15.7. The lowest BCUT2D eigenvalue weighted by atomic mass is 9.90. The second-order valence-corrected chi connectivity index (χ2v) is 7.92. The van der Waals surface area contributed by atoms with Gasteiger partial charge in [0.2, 0.25) is 0 Å². The van der Waals surface area contributed by atoms with Crippen LogP contribution in [0.3, 0.4) is 0 Å². The van der Waals surface area contributed by atoms with Crippen molar-refractivity contribution in [3.63, 3.8) is 0 Å². The third-order valence-electron chi connectivity index (χ3n) is 4.69. The first-order valence-electron chi connectivity index (χ1n) is 8.22. The molecule has 0 aromatic carbocycles. The van der Waals surface area contributed by atoms with Gasteiger partial charge in [0, 0.05) is 17.0 Å². The summed E-state index contributed by atoms with van der Waals surface area (Å²) in [5, 5.41) is 4.86. The molecule has 120 valence electrons. The van der Waals surface area contributed by atoms with Crippen LogP contribution in [0.1, 0.15) is 50.3 Å². The van der Waals surface area contributed by atoms with Crippen LogP contribution < -0.4 is 5.32 Å². The Bertz CT molecular complexity index is 627. The summed E-state index contributed by atoms with van der Waals surface area (Å²) < 4.78 is 0. The molecule has 0 spiro atoms. The maximum Gasteiger partial charge on any atom is 0.138 e. The van der Waals surface area contributed by atoms with E-state index in [4.69, 9.17) is 0 Å². The molecule has 5 heteroatoms. The van der Waals surface area contributed by atoms with Crippen molar-refractivity contribution in [1.29, 1.82) is 0 Å². The van der Waals surface area contributed by atoms with Crippen molar-refractivity contribution in [1.82, 2.24) is 14.9 Å². The number of nitrogens with zero attached hydrogens (tertiary/aromatic N) is 3. The highest BCUT2D eigenvalue weighted by molar-refractivity contribution is 7.18. The highest BCUT2D eigenvalue weighted by Gasteiger charge is 2.23. The van der Waals surface area contributed by atoms with E-state index in [1.165, 1.54) is 35.9 Å². The fourth-order valence-electron chi connectivity index (χ4n) is 3.20. The Morgan fingerprint density at radius 3 is 2.55 bits per heavy atom. The van der Waals surface area contributed by atoms with Crippen LogP contribution in [0.2, 0.25) is 0 Å². The topological polar surface area (TPSA) is 41.0 Å². The second-order valence-electron chi connectivity index (χ2n) is 6.86. The lowest BCUT2D eigenvalue weighted by Crippen LogP contribution is -2.36. The summed E-state index contributed by atoms with van der Waals surface area (Å²) in [6.07, 6.45) is 6.65. The monoisotopic (exact) mass is 318 g/mol. The molecule has 2 aromatic heterocycles. The third kappa shape index (κ3) is 3.25. The first-order chi connectivity index (χ1) is 10.5. The van der Waals surface area contributed by atoms with Gasteiger partial charge in [-0.2, -0.15) is 0 Å². The molecule has 0 bridgehead atoms. The molecule has 1 fully saturated rings. The molecule has 3 rings (SSSR count). The minimum absolute atomic E-state index is 0.539. The normalized spacial score (nSPS) is 22.6. The lowest BCUT2D eigenvalue weighted by molar-refractivity contribution is 0.221. The number of fused-ring (bicyclic) bond motifs is 1. The number of hydrogen-bond acceptors (Lipinski definition) is 5. The number of aromatic nitrogens is 2. The van der Waals surface area contributed by atoms with E-state index >= 15 is 0 Å². The molecule has 0 amide bonds. The van der Waals surface area contributed by atoms with Gasteiger partial charge in [0.1, 0.15) is 17.0 Å². The Morgan fingerprint density at radius 2 is 1.91 bits per heavy atom. The number of rotatable bonds is 4. The van der Waals surface area contributed by atoms with E-state index in [2.05, 4.69) is 54.2 Å². The van der Waals surface area contributed by atoms with E-state index in [-0.39, 0.29) is 0 Å². The maximum absolute atomic E-state index is 4.50. The average Bonchev–Trinajstić information content (AvgIpc) is 2.93. The molecule has 1 aliphatic carbocycles. The van der Waals surface area contributed by atoms with Gasteiger partial charge in [-0.25, -0.2) is 9.97 Å². The summed E-state index contributed by atoms with van der Waals surface area (Å²) in [6, 6.07) is 3.53. The van der Waals surface area contributed by atoms with Gasteiger partial charge in [-0.3, -0.25) is 0 Å². The Hall–Kier alpha value is -1.20. The van der Waals surface area contributed by atoms with Gasteiger partial charge in [-0.05, 0) is 51.8 Å². The van der Waals surface area contributed by atoms with Crippen molar-refractivity contribution in [2.24, 2.45) is 0 Å². The smallest absolute Gasteiger partial charge is 0.138 e. The largest absolute Gasteiger partial charge is 0.367 e. The van der Waals surface area contributed by atoms with Crippen molar-refractivity contribution in [2.75, 3.05) is 19.4 Å². The molecule has 4 nitrogen and oxygen atoms in total. The number of nitrogens with one attached hydrogen (secondary N) is 1. The van der Waals surface area contributed by atoms with Crippen molar-refractivity contribution < 1.29 is 0 Å². The van der Waals surface area contributed by atoms with Gasteiger partial charge in [-0.1, -0.05) is 13.8 Å². The van der Waals surface area contributed by atoms with Crippen molar-refractivity contribution in [2.45, 2.75) is 57.5 Å². The van der Waals surface area contributed by atoms with Gasteiger partial charge in [-0.15, -0.1) is 11.3 Å². The molecule has 0 aliphatic heterocycles. The molecular weight excluding hydrogens is 292 g/mol. The van der Waals surface area contributed by atoms with E-state index in [9.17, 15) is 0 Å². The predicted molar refractivity (Wildman–Crippen MR) is 94.9 cm³/mol.